The highest BCUT2D eigenvalue weighted by molar-refractivity contribution is 5.99. The minimum atomic E-state index is -0.197. The molecule has 0 bridgehead atoms. The lowest BCUT2D eigenvalue weighted by Gasteiger charge is -2.19. The highest BCUT2D eigenvalue weighted by atomic mass is 35.5. The summed E-state index contributed by atoms with van der Waals surface area (Å²) in [7, 11) is 0. The number of carbonyl (C=O) groups is 1. The first-order valence-electron chi connectivity index (χ1n) is 6.58. The van der Waals surface area contributed by atoms with Crippen molar-refractivity contribution in [3.63, 3.8) is 0 Å². The average molecular weight is 290 g/mol. The van der Waals surface area contributed by atoms with Crippen LogP contribution in [0.25, 0.3) is 0 Å². The van der Waals surface area contributed by atoms with Crippen LogP contribution in [0.1, 0.15) is 35.8 Å². The number of carbonyl (C=O) groups excluding carboxylic acids is 1. The molecule has 106 valence electrons. The number of nitrogens with one attached hydrogen (secondary N) is 1. The second-order valence-corrected chi connectivity index (χ2v) is 4.75. The molecule has 0 spiro atoms. The lowest BCUT2D eigenvalue weighted by Crippen LogP contribution is -2.35. The van der Waals surface area contributed by atoms with Crippen LogP contribution < -0.4 is 5.32 Å². The van der Waals surface area contributed by atoms with Gasteiger partial charge < -0.3 is 5.32 Å². The third kappa shape index (κ3) is 4.19. The fourth-order valence-electron chi connectivity index (χ4n) is 2.14. The van der Waals surface area contributed by atoms with Gasteiger partial charge in [-0.25, -0.2) is 0 Å². The van der Waals surface area contributed by atoms with Gasteiger partial charge in [-0.2, -0.15) is 0 Å². The first kappa shape index (κ1) is 16.4. The van der Waals surface area contributed by atoms with Crippen molar-refractivity contribution >= 4 is 18.2 Å². The highest BCUT2D eigenvalue weighted by Gasteiger charge is 2.17. The Kier molecular flexibility index (Phi) is 6.43. The van der Waals surface area contributed by atoms with Crippen LogP contribution in [0.2, 0.25) is 0 Å². The molecule has 2 unspecified atom stereocenters. The lowest BCUT2D eigenvalue weighted by atomic mass is 10.0. The van der Waals surface area contributed by atoms with Crippen LogP contribution in [0.3, 0.4) is 0 Å². The molecule has 0 radical (unpaired) electrons. The van der Waals surface area contributed by atoms with Crippen LogP contribution in [-0.4, -0.2) is 11.8 Å². The summed E-state index contributed by atoms with van der Waals surface area (Å²) in [6.07, 6.45) is 0. The molecule has 0 amide bonds. The highest BCUT2D eigenvalue weighted by Crippen LogP contribution is 2.13. The Labute approximate surface area is 126 Å². The summed E-state index contributed by atoms with van der Waals surface area (Å²) in [5.74, 6) is 0.128. The standard InChI is InChI=1S/C17H19NO.ClH/c1-13(15-9-5-3-6-10-15)18-14(2)17(19)16-11-7-4-8-12-16;/h3-14,18H,1-2H3;1H. The predicted octanol–water partition coefficient (Wildman–Crippen LogP) is 4.03. The number of ketones is 1. The third-order valence-corrected chi connectivity index (χ3v) is 3.25. The van der Waals surface area contributed by atoms with E-state index in [4.69, 9.17) is 0 Å². The monoisotopic (exact) mass is 289 g/mol. The smallest absolute Gasteiger partial charge is 0.179 e. The van der Waals surface area contributed by atoms with Crippen molar-refractivity contribution in [3.05, 3.63) is 71.8 Å². The molecule has 0 aromatic heterocycles. The molecule has 0 saturated heterocycles. The zero-order valence-corrected chi connectivity index (χ0v) is 12.6. The van der Waals surface area contributed by atoms with E-state index in [1.165, 1.54) is 5.56 Å². The van der Waals surface area contributed by atoms with Crippen molar-refractivity contribution in [1.82, 2.24) is 5.32 Å². The van der Waals surface area contributed by atoms with E-state index >= 15 is 0 Å². The Morgan fingerprint density at radius 1 is 0.900 bits per heavy atom. The molecule has 3 heteroatoms. The quantitative estimate of drug-likeness (QED) is 0.842. The van der Waals surface area contributed by atoms with Crippen molar-refractivity contribution in [2.75, 3.05) is 0 Å². The molecule has 0 aliphatic carbocycles. The van der Waals surface area contributed by atoms with Gasteiger partial charge >= 0.3 is 0 Å². The van der Waals surface area contributed by atoms with Gasteiger partial charge in [-0.1, -0.05) is 60.7 Å². The second kappa shape index (κ2) is 7.83. The normalized spacial score (nSPS) is 13.1. The van der Waals surface area contributed by atoms with Gasteiger partial charge in [0.2, 0.25) is 0 Å². The Morgan fingerprint density at radius 2 is 1.40 bits per heavy atom. The fraction of sp³-hybridized carbons (Fsp3) is 0.235. The minimum Gasteiger partial charge on any atom is -0.301 e. The van der Waals surface area contributed by atoms with Gasteiger partial charge in [0.05, 0.1) is 6.04 Å². The summed E-state index contributed by atoms with van der Waals surface area (Å²) >= 11 is 0. The van der Waals surface area contributed by atoms with Crippen LogP contribution in [-0.2, 0) is 0 Å². The van der Waals surface area contributed by atoms with E-state index in [2.05, 4.69) is 24.4 Å². The molecule has 2 rings (SSSR count). The van der Waals surface area contributed by atoms with E-state index in [-0.39, 0.29) is 30.3 Å². The second-order valence-electron chi connectivity index (χ2n) is 4.75. The van der Waals surface area contributed by atoms with Gasteiger partial charge in [-0.3, -0.25) is 4.79 Å². The van der Waals surface area contributed by atoms with E-state index in [1.54, 1.807) is 0 Å². The molecule has 2 aromatic rings. The maximum atomic E-state index is 12.2. The Balaban J connectivity index is 0.00000200. The molecule has 1 N–H and O–H groups in total. The molecule has 0 aliphatic heterocycles. The number of hydrogen-bond acceptors (Lipinski definition) is 2. The molecule has 0 aliphatic rings. The van der Waals surface area contributed by atoms with Crippen LogP contribution in [0.15, 0.2) is 60.7 Å². The first-order valence-corrected chi connectivity index (χ1v) is 6.58. The van der Waals surface area contributed by atoms with E-state index in [9.17, 15) is 4.79 Å². The molecule has 0 heterocycles. The van der Waals surface area contributed by atoms with Gasteiger partial charge in [-0.15, -0.1) is 12.4 Å². The predicted molar refractivity (Wildman–Crippen MR) is 85.5 cm³/mol. The summed E-state index contributed by atoms with van der Waals surface area (Å²) in [5, 5.41) is 3.34. The van der Waals surface area contributed by atoms with Crippen LogP contribution in [0.4, 0.5) is 0 Å². The van der Waals surface area contributed by atoms with Crippen molar-refractivity contribution in [2.24, 2.45) is 0 Å². The summed E-state index contributed by atoms with van der Waals surface area (Å²) in [6.45, 7) is 3.98. The Bertz CT molecular complexity index is 527. The zero-order valence-electron chi connectivity index (χ0n) is 11.7. The Morgan fingerprint density at radius 3 is 1.95 bits per heavy atom. The minimum absolute atomic E-state index is 0. The first-order chi connectivity index (χ1) is 9.18. The van der Waals surface area contributed by atoms with Crippen molar-refractivity contribution in [2.45, 2.75) is 25.9 Å². The number of Topliss-reactive ketones (excluding diaryl/α,β-unsaturated/α-hetero) is 1. The third-order valence-electron chi connectivity index (χ3n) is 3.25. The molecule has 2 atom stereocenters. The summed E-state index contributed by atoms with van der Waals surface area (Å²) < 4.78 is 0. The molecule has 0 saturated carbocycles. The number of benzene rings is 2. The van der Waals surface area contributed by atoms with E-state index in [0.29, 0.717) is 0 Å². The van der Waals surface area contributed by atoms with Gasteiger partial charge in [0, 0.05) is 11.6 Å². The van der Waals surface area contributed by atoms with E-state index in [0.717, 1.165) is 5.56 Å². The number of rotatable bonds is 5. The molecular weight excluding hydrogens is 270 g/mol. The SMILES string of the molecule is CC(NC(C)c1ccccc1)C(=O)c1ccccc1.Cl. The summed E-state index contributed by atoms with van der Waals surface area (Å²) in [6, 6.07) is 19.5. The van der Waals surface area contributed by atoms with Crippen molar-refractivity contribution < 1.29 is 4.79 Å². The topological polar surface area (TPSA) is 29.1 Å². The lowest BCUT2D eigenvalue weighted by molar-refractivity contribution is 0.0945. The van der Waals surface area contributed by atoms with Crippen molar-refractivity contribution in [3.8, 4) is 0 Å². The van der Waals surface area contributed by atoms with E-state index in [1.807, 2.05) is 55.5 Å². The van der Waals surface area contributed by atoms with Gasteiger partial charge in [0.25, 0.3) is 0 Å². The number of hydrogen-bond donors (Lipinski definition) is 1. The summed E-state index contributed by atoms with van der Waals surface area (Å²) in [4.78, 5) is 12.2. The van der Waals surface area contributed by atoms with E-state index < -0.39 is 0 Å². The molecule has 2 aromatic carbocycles. The van der Waals surface area contributed by atoms with Gasteiger partial charge in [-0.05, 0) is 19.4 Å². The zero-order chi connectivity index (χ0) is 13.7. The Hall–Kier alpha value is -1.64. The molecule has 20 heavy (non-hydrogen) atoms. The maximum Gasteiger partial charge on any atom is 0.179 e. The van der Waals surface area contributed by atoms with Gasteiger partial charge in [0.15, 0.2) is 5.78 Å². The largest absolute Gasteiger partial charge is 0.301 e. The summed E-state index contributed by atoms with van der Waals surface area (Å²) in [5.41, 5.74) is 1.94. The van der Waals surface area contributed by atoms with Crippen LogP contribution in [0, 0.1) is 0 Å². The molecular formula is C17H20ClNO. The van der Waals surface area contributed by atoms with Crippen LogP contribution in [0.5, 0.6) is 0 Å². The van der Waals surface area contributed by atoms with Crippen molar-refractivity contribution in [1.29, 1.82) is 0 Å². The fourth-order valence-corrected chi connectivity index (χ4v) is 2.14. The number of halogens is 1. The average Bonchev–Trinajstić information content (AvgIpc) is 2.48. The van der Waals surface area contributed by atoms with Gasteiger partial charge in [0.1, 0.15) is 0 Å². The molecule has 2 nitrogen and oxygen atoms in total. The molecule has 0 fully saturated rings. The van der Waals surface area contributed by atoms with Crippen LogP contribution >= 0.6 is 12.4 Å². The maximum absolute atomic E-state index is 12.2.